The summed E-state index contributed by atoms with van der Waals surface area (Å²) in [6.45, 7) is 3.33. The molecular weight excluding hydrogens is 224 g/mol. The highest BCUT2D eigenvalue weighted by atomic mass is 16.5. The van der Waals surface area contributed by atoms with E-state index in [2.05, 4.69) is 29.4 Å². The molecular formula is C15H24N2O. The second kappa shape index (κ2) is 5.72. The van der Waals surface area contributed by atoms with Crippen LogP contribution in [0.25, 0.3) is 0 Å². The molecule has 1 saturated carbocycles. The van der Waals surface area contributed by atoms with Gasteiger partial charge in [-0.1, -0.05) is 12.1 Å². The van der Waals surface area contributed by atoms with Crippen molar-refractivity contribution in [2.75, 3.05) is 34.3 Å². The van der Waals surface area contributed by atoms with Gasteiger partial charge in [-0.15, -0.1) is 0 Å². The predicted molar refractivity (Wildman–Crippen MR) is 74.9 cm³/mol. The molecule has 2 rings (SSSR count). The van der Waals surface area contributed by atoms with Gasteiger partial charge < -0.3 is 15.0 Å². The largest absolute Gasteiger partial charge is 0.497 e. The highest BCUT2D eigenvalue weighted by Gasteiger charge is 2.42. The van der Waals surface area contributed by atoms with E-state index in [-0.39, 0.29) is 0 Å². The lowest BCUT2D eigenvalue weighted by molar-refractivity contribution is 0.252. The Morgan fingerprint density at radius 1 is 1.28 bits per heavy atom. The molecule has 1 fully saturated rings. The molecule has 18 heavy (non-hydrogen) atoms. The first-order chi connectivity index (χ1) is 8.67. The van der Waals surface area contributed by atoms with Gasteiger partial charge in [0.15, 0.2) is 0 Å². The Bertz CT molecular complexity index is 371. The topological polar surface area (TPSA) is 24.5 Å². The third-order valence-electron chi connectivity index (χ3n) is 3.73. The molecule has 0 aromatic heterocycles. The fourth-order valence-corrected chi connectivity index (χ4v) is 2.61. The van der Waals surface area contributed by atoms with Crippen molar-refractivity contribution in [2.24, 2.45) is 5.41 Å². The summed E-state index contributed by atoms with van der Waals surface area (Å²) in [5, 5.41) is 3.31. The molecule has 1 aliphatic rings. The van der Waals surface area contributed by atoms with Gasteiger partial charge in [0.25, 0.3) is 0 Å². The van der Waals surface area contributed by atoms with Crippen LogP contribution in [0.3, 0.4) is 0 Å². The van der Waals surface area contributed by atoms with Gasteiger partial charge in [-0.2, -0.15) is 0 Å². The monoisotopic (exact) mass is 248 g/mol. The van der Waals surface area contributed by atoms with Gasteiger partial charge in [0, 0.05) is 19.6 Å². The van der Waals surface area contributed by atoms with E-state index in [0.717, 1.165) is 18.8 Å². The zero-order valence-electron chi connectivity index (χ0n) is 11.7. The molecule has 0 saturated heterocycles. The highest BCUT2D eigenvalue weighted by Crippen LogP contribution is 2.45. The number of hydrogen-bond donors (Lipinski definition) is 1. The molecule has 0 radical (unpaired) electrons. The van der Waals surface area contributed by atoms with Gasteiger partial charge in [0.1, 0.15) is 5.75 Å². The zero-order chi connectivity index (χ0) is 13.0. The maximum atomic E-state index is 5.17. The molecule has 1 aliphatic carbocycles. The average Bonchev–Trinajstić information content (AvgIpc) is 3.10. The van der Waals surface area contributed by atoms with Crippen molar-refractivity contribution in [3.05, 3.63) is 29.8 Å². The molecule has 1 aromatic carbocycles. The fourth-order valence-electron chi connectivity index (χ4n) is 2.61. The molecule has 0 aliphatic heterocycles. The molecule has 0 atom stereocenters. The molecule has 100 valence electrons. The molecule has 3 heteroatoms. The Kier molecular flexibility index (Phi) is 4.25. The van der Waals surface area contributed by atoms with E-state index in [9.17, 15) is 0 Å². The van der Waals surface area contributed by atoms with Crippen molar-refractivity contribution < 1.29 is 4.74 Å². The second-order valence-corrected chi connectivity index (χ2v) is 5.55. The summed E-state index contributed by atoms with van der Waals surface area (Å²) < 4.78 is 5.17. The first-order valence-electron chi connectivity index (χ1n) is 6.63. The Hall–Kier alpha value is -1.06. The summed E-state index contributed by atoms with van der Waals surface area (Å²) in [7, 11) is 5.96. The normalized spacial score (nSPS) is 16.9. The molecule has 1 N–H and O–H groups in total. The number of benzene rings is 1. The fraction of sp³-hybridized carbons (Fsp3) is 0.600. The lowest BCUT2D eigenvalue weighted by Gasteiger charge is -2.23. The molecule has 0 unspecified atom stereocenters. The van der Waals surface area contributed by atoms with Crippen molar-refractivity contribution in [1.29, 1.82) is 0 Å². The number of nitrogens with zero attached hydrogens (tertiary/aromatic N) is 1. The summed E-state index contributed by atoms with van der Waals surface area (Å²) in [5.74, 6) is 0.926. The van der Waals surface area contributed by atoms with Gasteiger partial charge in [0.05, 0.1) is 7.11 Å². The van der Waals surface area contributed by atoms with E-state index < -0.39 is 0 Å². The van der Waals surface area contributed by atoms with Crippen LogP contribution >= 0.6 is 0 Å². The van der Waals surface area contributed by atoms with Crippen LogP contribution in [0.2, 0.25) is 0 Å². The quantitative estimate of drug-likeness (QED) is 0.800. The SMILES string of the molecule is CNCC1(CN(C)Cc2ccc(OC)cc2)CC1. The van der Waals surface area contributed by atoms with E-state index in [0.29, 0.717) is 5.41 Å². The van der Waals surface area contributed by atoms with Crippen LogP contribution in [0.15, 0.2) is 24.3 Å². The summed E-state index contributed by atoms with van der Waals surface area (Å²) in [6, 6.07) is 8.35. The van der Waals surface area contributed by atoms with Crippen molar-refractivity contribution >= 4 is 0 Å². The molecule has 0 bridgehead atoms. The van der Waals surface area contributed by atoms with Crippen molar-refractivity contribution in [3.63, 3.8) is 0 Å². The van der Waals surface area contributed by atoms with Gasteiger partial charge in [0.2, 0.25) is 0 Å². The molecule has 0 spiro atoms. The second-order valence-electron chi connectivity index (χ2n) is 5.55. The smallest absolute Gasteiger partial charge is 0.118 e. The van der Waals surface area contributed by atoms with Gasteiger partial charge in [-0.25, -0.2) is 0 Å². The summed E-state index contributed by atoms with van der Waals surface area (Å²) in [6.07, 6.45) is 2.72. The van der Waals surface area contributed by atoms with Crippen molar-refractivity contribution in [1.82, 2.24) is 10.2 Å². The third-order valence-corrected chi connectivity index (χ3v) is 3.73. The molecule has 1 aromatic rings. The molecule has 3 nitrogen and oxygen atoms in total. The number of nitrogens with one attached hydrogen (secondary N) is 1. The standard InChI is InChI=1S/C15H24N2O/c1-16-11-15(8-9-15)12-17(2)10-13-4-6-14(18-3)7-5-13/h4-7,16H,8-12H2,1-3H3. The van der Waals surface area contributed by atoms with E-state index >= 15 is 0 Å². The Morgan fingerprint density at radius 2 is 1.94 bits per heavy atom. The van der Waals surface area contributed by atoms with Gasteiger partial charge in [-0.3, -0.25) is 0 Å². The van der Waals surface area contributed by atoms with Gasteiger partial charge in [-0.05, 0) is 50.0 Å². The summed E-state index contributed by atoms with van der Waals surface area (Å²) in [5.41, 5.74) is 1.88. The van der Waals surface area contributed by atoms with Crippen LogP contribution in [-0.4, -0.2) is 39.2 Å². The van der Waals surface area contributed by atoms with Crippen LogP contribution in [0.4, 0.5) is 0 Å². The van der Waals surface area contributed by atoms with Crippen LogP contribution in [0.1, 0.15) is 18.4 Å². The molecule has 0 amide bonds. The number of rotatable bonds is 7. The zero-order valence-corrected chi connectivity index (χ0v) is 11.7. The Balaban J connectivity index is 1.84. The number of methoxy groups -OCH3 is 1. The minimum Gasteiger partial charge on any atom is -0.497 e. The number of hydrogen-bond acceptors (Lipinski definition) is 3. The lowest BCUT2D eigenvalue weighted by Crippen LogP contribution is -2.32. The third kappa shape index (κ3) is 3.47. The van der Waals surface area contributed by atoms with E-state index in [1.54, 1.807) is 7.11 Å². The molecule has 0 heterocycles. The first-order valence-corrected chi connectivity index (χ1v) is 6.63. The summed E-state index contributed by atoms with van der Waals surface area (Å²) >= 11 is 0. The van der Waals surface area contributed by atoms with Crippen LogP contribution < -0.4 is 10.1 Å². The predicted octanol–water partition coefficient (Wildman–Crippen LogP) is 2.13. The summed E-state index contributed by atoms with van der Waals surface area (Å²) in [4.78, 5) is 2.42. The van der Waals surface area contributed by atoms with E-state index in [1.165, 1.54) is 24.9 Å². The van der Waals surface area contributed by atoms with Crippen molar-refractivity contribution in [2.45, 2.75) is 19.4 Å². The minimum atomic E-state index is 0.538. The number of ether oxygens (including phenoxy) is 1. The van der Waals surface area contributed by atoms with Crippen LogP contribution in [0.5, 0.6) is 5.75 Å². The van der Waals surface area contributed by atoms with Crippen molar-refractivity contribution in [3.8, 4) is 5.75 Å². The van der Waals surface area contributed by atoms with Crippen LogP contribution in [0, 0.1) is 5.41 Å². The Morgan fingerprint density at radius 3 is 2.44 bits per heavy atom. The van der Waals surface area contributed by atoms with E-state index in [4.69, 9.17) is 4.74 Å². The van der Waals surface area contributed by atoms with Gasteiger partial charge >= 0.3 is 0 Å². The maximum Gasteiger partial charge on any atom is 0.118 e. The minimum absolute atomic E-state index is 0.538. The van der Waals surface area contributed by atoms with E-state index in [1.807, 2.05) is 19.2 Å². The average molecular weight is 248 g/mol. The lowest BCUT2D eigenvalue weighted by atomic mass is 10.1. The maximum absolute atomic E-state index is 5.17. The first kappa shape index (κ1) is 13.4. The van der Waals surface area contributed by atoms with Crippen LogP contribution in [-0.2, 0) is 6.54 Å². The Labute approximate surface area is 110 Å². The highest BCUT2D eigenvalue weighted by molar-refractivity contribution is 5.27.